The van der Waals surface area contributed by atoms with E-state index in [0.29, 0.717) is 17.4 Å². The van der Waals surface area contributed by atoms with Crippen molar-refractivity contribution in [1.29, 1.82) is 0 Å². The third kappa shape index (κ3) is 4.02. The van der Waals surface area contributed by atoms with Crippen molar-refractivity contribution in [2.75, 3.05) is 18.0 Å². The maximum absolute atomic E-state index is 11.6. The summed E-state index contributed by atoms with van der Waals surface area (Å²) < 4.78 is 2.43. The van der Waals surface area contributed by atoms with E-state index in [-0.39, 0.29) is 0 Å². The Hall–Kier alpha value is -2.75. The average molecular weight is 391 g/mol. The van der Waals surface area contributed by atoms with Gasteiger partial charge in [0.1, 0.15) is 0 Å². The molecule has 1 aliphatic rings. The molecule has 0 saturated carbocycles. The summed E-state index contributed by atoms with van der Waals surface area (Å²) in [6.45, 7) is 7.39. The number of carbonyl (C=O) groups is 1. The van der Waals surface area contributed by atoms with Crippen molar-refractivity contribution in [2.24, 2.45) is 5.92 Å². The van der Waals surface area contributed by atoms with Crippen LogP contribution in [-0.2, 0) is 6.54 Å². The lowest BCUT2D eigenvalue weighted by Crippen LogP contribution is -2.33. The van der Waals surface area contributed by atoms with E-state index in [4.69, 9.17) is 0 Å². The molecule has 1 aliphatic heterocycles. The highest BCUT2D eigenvalue weighted by Gasteiger charge is 2.25. The van der Waals surface area contributed by atoms with Crippen LogP contribution in [0.15, 0.2) is 54.7 Å². The minimum Gasteiger partial charge on any atom is -0.478 e. The number of fused-ring (bicyclic) bond motifs is 1. The first-order valence-corrected chi connectivity index (χ1v) is 10.7. The predicted molar refractivity (Wildman–Crippen MR) is 119 cm³/mol. The second kappa shape index (κ2) is 8.32. The number of piperidine rings is 1. The number of benzene rings is 2. The maximum atomic E-state index is 11.6. The quantitative estimate of drug-likeness (QED) is 0.581. The maximum Gasteiger partial charge on any atom is 0.337 e. The van der Waals surface area contributed by atoms with E-state index in [2.05, 4.69) is 53.8 Å². The molecular formula is C25H30N2O2. The minimum atomic E-state index is -0.851. The van der Waals surface area contributed by atoms with Gasteiger partial charge in [-0.3, -0.25) is 0 Å². The van der Waals surface area contributed by atoms with Gasteiger partial charge in [0.15, 0.2) is 0 Å². The molecule has 4 rings (SSSR count). The zero-order valence-electron chi connectivity index (χ0n) is 17.3. The van der Waals surface area contributed by atoms with E-state index in [1.807, 2.05) is 12.1 Å². The molecular weight excluding hydrogens is 360 g/mol. The number of hydrogen-bond donors (Lipinski definition) is 1. The summed E-state index contributed by atoms with van der Waals surface area (Å²) >= 11 is 0. The van der Waals surface area contributed by atoms with E-state index in [9.17, 15) is 9.90 Å². The van der Waals surface area contributed by atoms with Gasteiger partial charge < -0.3 is 14.6 Å². The number of para-hydroxylation sites is 2. The van der Waals surface area contributed by atoms with Crippen LogP contribution in [0.3, 0.4) is 0 Å². The fourth-order valence-electron chi connectivity index (χ4n) is 4.54. The molecule has 0 bridgehead atoms. The van der Waals surface area contributed by atoms with Gasteiger partial charge in [-0.2, -0.15) is 0 Å². The molecule has 2 heterocycles. The van der Waals surface area contributed by atoms with Crippen LogP contribution in [-0.4, -0.2) is 28.7 Å². The molecule has 0 amide bonds. The Morgan fingerprint density at radius 3 is 2.48 bits per heavy atom. The molecule has 0 spiro atoms. The van der Waals surface area contributed by atoms with Crippen molar-refractivity contribution < 1.29 is 9.90 Å². The van der Waals surface area contributed by atoms with E-state index in [0.717, 1.165) is 38.2 Å². The summed E-state index contributed by atoms with van der Waals surface area (Å²) in [6.07, 6.45) is 5.65. The summed E-state index contributed by atoms with van der Waals surface area (Å²) in [5.41, 5.74) is 4.03. The van der Waals surface area contributed by atoms with Crippen LogP contribution in [0.25, 0.3) is 10.9 Å². The molecule has 4 heteroatoms. The predicted octanol–water partition coefficient (Wildman–Crippen LogP) is 5.77. The van der Waals surface area contributed by atoms with E-state index >= 15 is 0 Å². The monoisotopic (exact) mass is 390 g/mol. The molecule has 3 aromatic rings. The molecule has 1 saturated heterocycles. The molecule has 152 valence electrons. The summed E-state index contributed by atoms with van der Waals surface area (Å²) in [6, 6.07) is 16.1. The van der Waals surface area contributed by atoms with Crippen molar-refractivity contribution >= 4 is 22.6 Å². The first kappa shape index (κ1) is 19.6. The van der Waals surface area contributed by atoms with Gasteiger partial charge in [-0.05, 0) is 54.9 Å². The van der Waals surface area contributed by atoms with E-state index in [1.54, 1.807) is 12.1 Å². The van der Waals surface area contributed by atoms with E-state index in [1.165, 1.54) is 22.9 Å². The van der Waals surface area contributed by atoms with Gasteiger partial charge in [-0.1, -0.05) is 44.2 Å². The Bertz CT molecular complexity index is 997. The molecule has 0 radical (unpaired) electrons. The Morgan fingerprint density at radius 2 is 1.76 bits per heavy atom. The van der Waals surface area contributed by atoms with Crippen LogP contribution in [0.2, 0.25) is 0 Å². The van der Waals surface area contributed by atoms with Gasteiger partial charge in [0.05, 0.1) is 11.3 Å². The Labute approximate surface area is 172 Å². The Morgan fingerprint density at radius 1 is 1.07 bits per heavy atom. The highest BCUT2D eigenvalue weighted by atomic mass is 16.4. The largest absolute Gasteiger partial charge is 0.478 e. The first-order chi connectivity index (χ1) is 14.0. The fraction of sp³-hybridized carbons (Fsp3) is 0.400. The van der Waals surface area contributed by atoms with Crippen LogP contribution < -0.4 is 4.90 Å². The summed E-state index contributed by atoms with van der Waals surface area (Å²) in [4.78, 5) is 13.8. The van der Waals surface area contributed by atoms with Gasteiger partial charge in [-0.15, -0.1) is 0 Å². The number of aromatic carboxylic acids is 1. The molecule has 0 aliphatic carbocycles. The summed E-state index contributed by atoms with van der Waals surface area (Å²) in [5.74, 6) is 0.363. The molecule has 4 nitrogen and oxygen atoms in total. The smallest absolute Gasteiger partial charge is 0.337 e. The number of aromatic nitrogens is 1. The van der Waals surface area contributed by atoms with Crippen LogP contribution in [0.1, 0.15) is 54.9 Å². The molecule has 2 aromatic carbocycles. The number of nitrogens with zero attached hydrogens (tertiary/aromatic N) is 2. The molecule has 0 atom stereocenters. The molecule has 1 fully saturated rings. The van der Waals surface area contributed by atoms with Crippen molar-refractivity contribution in [3.05, 3.63) is 65.9 Å². The third-order valence-corrected chi connectivity index (χ3v) is 6.18. The number of hydrogen-bond acceptors (Lipinski definition) is 2. The normalized spacial score (nSPS) is 15.3. The standard InChI is InChI=1S/C25H30N2O2/c1-18(2)11-14-27-17-22(20-7-3-5-9-23(20)27)19-12-15-26(16-13-19)24-10-6-4-8-21(24)25(28)29/h3-10,17-19H,11-16H2,1-2H3,(H,28,29). The van der Waals surface area contributed by atoms with Crippen LogP contribution >= 0.6 is 0 Å². The number of anilines is 1. The second-order valence-corrected chi connectivity index (χ2v) is 8.56. The topological polar surface area (TPSA) is 45.5 Å². The lowest BCUT2D eigenvalue weighted by Gasteiger charge is -2.34. The van der Waals surface area contributed by atoms with Gasteiger partial charge in [0.25, 0.3) is 0 Å². The third-order valence-electron chi connectivity index (χ3n) is 6.18. The fourth-order valence-corrected chi connectivity index (χ4v) is 4.54. The van der Waals surface area contributed by atoms with Crippen LogP contribution in [0, 0.1) is 5.92 Å². The number of rotatable bonds is 6. The highest BCUT2D eigenvalue weighted by Crippen LogP contribution is 2.36. The lowest BCUT2D eigenvalue weighted by molar-refractivity contribution is 0.0697. The highest BCUT2D eigenvalue weighted by molar-refractivity contribution is 5.94. The Balaban J connectivity index is 1.55. The van der Waals surface area contributed by atoms with Gasteiger partial charge in [0, 0.05) is 36.7 Å². The first-order valence-electron chi connectivity index (χ1n) is 10.7. The number of aryl methyl sites for hydroxylation is 1. The van der Waals surface area contributed by atoms with Crippen molar-refractivity contribution in [2.45, 2.75) is 45.6 Å². The molecule has 1 N–H and O–H groups in total. The van der Waals surface area contributed by atoms with Crippen LogP contribution in [0.4, 0.5) is 5.69 Å². The average Bonchev–Trinajstić information content (AvgIpc) is 3.11. The van der Waals surface area contributed by atoms with Gasteiger partial charge in [-0.25, -0.2) is 4.79 Å². The number of carboxylic acids is 1. The molecule has 0 unspecified atom stereocenters. The molecule has 29 heavy (non-hydrogen) atoms. The number of carboxylic acid groups (broad SMARTS) is 1. The molecule has 1 aromatic heterocycles. The van der Waals surface area contributed by atoms with Crippen molar-refractivity contribution in [3.63, 3.8) is 0 Å². The van der Waals surface area contributed by atoms with Gasteiger partial charge >= 0.3 is 5.97 Å². The van der Waals surface area contributed by atoms with Gasteiger partial charge in [0.2, 0.25) is 0 Å². The minimum absolute atomic E-state index is 0.399. The zero-order chi connectivity index (χ0) is 20.4. The SMILES string of the molecule is CC(C)CCn1cc(C2CCN(c3ccccc3C(=O)O)CC2)c2ccccc21. The Kier molecular flexibility index (Phi) is 5.61. The van der Waals surface area contributed by atoms with E-state index < -0.39 is 5.97 Å². The summed E-state index contributed by atoms with van der Waals surface area (Å²) in [5, 5.41) is 10.9. The van der Waals surface area contributed by atoms with Crippen molar-refractivity contribution in [1.82, 2.24) is 4.57 Å². The summed E-state index contributed by atoms with van der Waals surface area (Å²) in [7, 11) is 0. The second-order valence-electron chi connectivity index (χ2n) is 8.56. The lowest BCUT2D eigenvalue weighted by atomic mass is 9.89. The zero-order valence-corrected chi connectivity index (χ0v) is 17.3. The van der Waals surface area contributed by atoms with Crippen LogP contribution in [0.5, 0.6) is 0 Å². The van der Waals surface area contributed by atoms with Crippen molar-refractivity contribution in [3.8, 4) is 0 Å².